The number of hydrogen-bond donors (Lipinski definition) is 1. The van der Waals surface area contributed by atoms with Crippen LogP contribution in [0.15, 0.2) is 18.2 Å². The Bertz CT molecular complexity index is 1080. The van der Waals surface area contributed by atoms with Crippen molar-refractivity contribution in [3.63, 3.8) is 0 Å². The molecule has 0 fully saturated rings. The lowest BCUT2D eigenvalue weighted by Crippen LogP contribution is -2.38. The number of ether oxygens (including phenoxy) is 1. The van der Waals surface area contributed by atoms with Gasteiger partial charge in [0.05, 0.1) is 13.2 Å². The maximum absolute atomic E-state index is 13.3. The molecule has 0 unspecified atom stereocenters. The number of alkyl halides is 3. The molecule has 1 aromatic carbocycles. The lowest BCUT2D eigenvalue weighted by molar-refractivity contribution is -0.145. The van der Waals surface area contributed by atoms with Crippen LogP contribution in [0.5, 0.6) is 6.01 Å². The van der Waals surface area contributed by atoms with Crippen LogP contribution in [-0.4, -0.2) is 33.6 Å². The van der Waals surface area contributed by atoms with E-state index >= 15 is 0 Å². The van der Waals surface area contributed by atoms with Gasteiger partial charge in [-0.25, -0.2) is 0 Å². The van der Waals surface area contributed by atoms with E-state index in [0.717, 1.165) is 22.2 Å². The molecule has 3 heterocycles. The van der Waals surface area contributed by atoms with E-state index in [4.69, 9.17) is 16.3 Å². The first-order chi connectivity index (χ1) is 14.2. The highest BCUT2D eigenvalue weighted by Crippen LogP contribution is 2.40. The summed E-state index contributed by atoms with van der Waals surface area (Å²) in [7, 11) is 1.24. The van der Waals surface area contributed by atoms with Crippen molar-refractivity contribution in [2.24, 2.45) is 5.92 Å². The first kappa shape index (κ1) is 20.7. The van der Waals surface area contributed by atoms with Crippen molar-refractivity contribution in [3.05, 3.63) is 40.3 Å². The van der Waals surface area contributed by atoms with Crippen LogP contribution in [0.25, 0.3) is 10.9 Å². The highest BCUT2D eigenvalue weighted by Gasteiger charge is 2.38. The van der Waals surface area contributed by atoms with E-state index in [0.29, 0.717) is 30.3 Å². The molecule has 0 spiro atoms. The second kappa shape index (κ2) is 7.61. The van der Waals surface area contributed by atoms with Crippen molar-refractivity contribution in [1.29, 1.82) is 0 Å². The second-order valence-electron chi connectivity index (χ2n) is 7.74. The summed E-state index contributed by atoms with van der Waals surface area (Å²) in [5, 5.41) is 1.68. The monoisotopic (exact) mass is 439 g/mol. The Morgan fingerprint density at radius 3 is 2.70 bits per heavy atom. The van der Waals surface area contributed by atoms with Crippen molar-refractivity contribution < 1.29 is 17.9 Å². The molecule has 0 bridgehead atoms. The number of H-pyrrole nitrogens is 1. The van der Waals surface area contributed by atoms with Gasteiger partial charge in [0, 0.05) is 28.2 Å². The molecule has 0 saturated carbocycles. The lowest BCUT2D eigenvalue weighted by atomic mass is 9.92. The van der Waals surface area contributed by atoms with Crippen LogP contribution in [0.4, 0.5) is 19.1 Å². The lowest BCUT2D eigenvalue weighted by Gasteiger charge is -2.37. The molecule has 0 amide bonds. The van der Waals surface area contributed by atoms with Crippen LogP contribution in [0.3, 0.4) is 0 Å². The highest BCUT2D eigenvalue weighted by atomic mass is 35.5. The fraction of sp³-hybridized carbons (Fsp3) is 0.450. The summed E-state index contributed by atoms with van der Waals surface area (Å²) in [4.78, 5) is 16.5. The van der Waals surface area contributed by atoms with Gasteiger partial charge in [-0.2, -0.15) is 28.1 Å². The fourth-order valence-corrected chi connectivity index (χ4v) is 4.13. The second-order valence-corrected chi connectivity index (χ2v) is 8.18. The van der Waals surface area contributed by atoms with Gasteiger partial charge in [-0.3, -0.25) is 0 Å². The molecule has 1 N–H and O–H groups in total. The standard InChI is InChI=1S/C20H21ClF3N5O/c1-10(2)8-15-16-12(13-9-11(21)4-5-14(13)25-16)6-7-29(15)18-26-17(20(22,23)24)27-19(28-18)30-3/h4-5,9-10,15,25H,6-8H2,1-3H3/t15-/m0/s1. The molecule has 30 heavy (non-hydrogen) atoms. The number of aromatic nitrogens is 4. The number of benzene rings is 1. The van der Waals surface area contributed by atoms with Gasteiger partial charge in [0.25, 0.3) is 0 Å². The highest BCUT2D eigenvalue weighted by molar-refractivity contribution is 6.31. The third kappa shape index (κ3) is 3.78. The van der Waals surface area contributed by atoms with Gasteiger partial charge in [-0.15, -0.1) is 0 Å². The Morgan fingerprint density at radius 1 is 1.27 bits per heavy atom. The van der Waals surface area contributed by atoms with Crippen molar-refractivity contribution in [1.82, 2.24) is 19.9 Å². The van der Waals surface area contributed by atoms with Crippen molar-refractivity contribution >= 4 is 28.5 Å². The topological polar surface area (TPSA) is 66.9 Å². The summed E-state index contributed by atoms with van der Waals surface area (Å²) in [5.41, 5.74) is 3.04. The largest absolute Gasteiger partial charge is 0.467 e. The number of nitrogens with zero attached hydrogens (tertiary/aromatic N) is 4. The SMILES string of the molecule is COc1nc(N2CCc3c([nH]c4ccc(Cl)cc34)[C@@H]2CC(C)C)nc(C(F)(F)F)n1. The minimum atomic E-state index is -4.70. The van der Waals surface area contributed by atoms with Gasteiger partial charge in [0.15, 0.2) is 0 Å². The van der Waals surface area contributed by atoms with Crippen LogP contribution >= 0.6 is 11.6 Å². The number of hydrogen-bond acceptors (Lipinski definition) is 5. The van der Waals surface area contributed by atoms with Gasteiger partial charge < -0.3 is 14.6 Å². The number of fused-ring (bicyclic) bond motifs is 3. The molecule has 6 nitrogen and oxygen atoms in total. The van der Waals surface area contributed by atoms with Crippen LogP contribution < -0.4 is 9.64 Å². The van der Waals surface area contributed by atoms with Gasteiger partial charge in [0.1, 0.15) is 0 Å². The molecule has 0 aliphatic carbocycles. The van der Waals surface area contributed by atoms with Crippen LogP contribution in [-0.2, 0) is 12.6 Å². The molecule has 0 saturated heterocycles. The maximum Gasteiger partial charge on any atom is 0.451 e. The van der Waals surface area contributed by atoms with Crippen LogP contribution in [0.2, 0.25) is 5.02 Å². The maximum atomic E-state index is 13.3. The average Bonchev–Trinajstić information content (AvgIpc) is 3.05. The summed E-state index contributed by atoms with van der Waals surface area (Å²) < 4.78 is 44.9. The van der Waals surface area contributed by atoms with Crippen molar-refractivity contribution in [3.8, 4) is 6.01 Å². The number of rotatable bonds is 4. The van der Waals surface area contributed by atoms with Crippen molar-refractivity contribution in [2.75, 3.05) is 18.6 Å². The molecule has 4 rings (SSSR count). The molecule has 2 aromatic heterocycles. The Morgan fingerprint density at radius 2 is 2.03 bits per heavy atom. The number of halogens is 4. The van der Waals surface area contributed by atoms with E-state index in [2.05, 4.69) is 33.8 Å². The van der Waals surface area contributed by atoms with E-state index in [1.165, 1.54) is 7.11 Å². The molecule has 1 aliphatic heterocycles. The number of nitrogens with one attached hydrogen (secondary N) is 1. The molecule has 1 atom stereocenters. The summed E-state index contributed by atoms with van der Waals surface area (Å²) in [6.45, 7) is 4.61. The predicted molar refractivity (Wildman–Crippen MR) is 108 cm³/mol. The molecule has 3 aromatic rings. The van der Waals surface area contributed by atoms with E-state index in [1.54, 1.807) is 4.90 Å². The molecule has 160 valence electrons. The minimum absolute atomic E-state index is 0.0397. The third-order valence-corrected chi connectivity index (χ3v) is 5.44. The number of anilines is 1. The van der Waals surface area contributed by atoms with Crippen LogP contribution in [0, 0.1) is 5.92 Å². The van der Waals surface area contributed by atoms with Gasteiger partial charge in [-0.05, 0) is 42.5 Å². The normalized spacial score (nSPS) is 16.9. The van der Waals surface area contributed by atoms with E-state index in [1.807, 2.05) is 18.2 Å². The smallest absolute Gasteiger partial charge is 0.451 e. The molecular formula is C20H21ClF3N5O. The molecular weight excluding hydrogens is 419 g/mol. The van der Waals surface area contributed by atoms with Gasteiger partial charge in [-0.1, -0.05) is 25.4 Å². The zero-order valence-corrected chi connectivity index (χ0v) is 17.5. The average molecular weight is 440 g/mol. The summed E-state index contributed by atoms with van der Waals surface area (Å²) in [5.74, 6) is -1.01. The van der Waals surface area contributed by atoms with E-state index < -0.39 is 12.0 Å². The number of aromatic amines is 1. The Hall–Kier alpha value is -2.55. The van der Waals surface area contributed by atoms with Gasteiger partial charge >= 0.3 is 12.2 Å². The Balaban J connectivity index is 1.84. The van der Waals surface area contributed by atoms with E-state index in [-0.39, 0.29) is 18.0 Å². The van der Waals surface area contributed by atoms with Gasteiger partial charge in [0.2, 0.25) is 11.8 Å². The molecule has 0 radical (unpaired) electrons. The zero-order chi connectivity index (χ0) is 21.6. The number of methoxy groups -OCH3 is 1. The fourth-order valence-electron chi connectivity index (χ4n) is 3.96. The third-order valence-electron chi connectivity index (χ3n) is 5.20. The summed E-state index contributed by atoms with van der Waals surface area (Å²) in [6.07, 6.45) is -3.36. The Kier molecular flexibility index (Phi) is 5.25. The Labute approximate surface area is 176 Å². The van der Waals surface area contributed by atoms with Crippen LogP contribution in [0.1, 0.15) is 43.4 Å². The zero-order valence-electron chi connectivity index (χ0n) is 16.7. The van der Waals surface area contributed by atoms with Crippen molar-refractivity contribution in [2.45, 2.75) is 38.9 Å². The summed E-state index contributed by atoms with van der Waals surface area (Å²) >= 11 is 6.19. The first-order valence-corrected chi connectivity index (χ1v) is 9.99. The quantitative estimate of drug-likeness (QED) is 0.606. The molecule has 10 heteroatoms. The molecule has 1 aliphatic rings. The minimum Gasteiger partial charge on any atom is -0.467 e. The predicted octanol–water partition coefficient (Wildman–Crippen LogP) is 5.18. The first-order valence-electron chi connectivity index (χ1n) is 9.61. The summed E-state index contributed by atoms with van der Waals surface area (Å²) in [6, 6.07) is 5.08. The van der Waals surface area contributed by atoms with E-state index in [9.17, 15) is 13.2 Å².